The van der Waals surface area contributed by atoms with Crippen LogP contribution in [0, 0.1) is 11.3 Å². The molecule has 1 N–H and O–H groups in total. The Labute approximate surface area is 125 Å². The Morgan fingerprint density at radius 3 is 2.35 bits per heavy atom. The van der Waals surface area contributed by atoms with Crippen LogP contribution in [0.15, 0.2) is 0 Å². The van der Waals surface area contributed by atoms with Crippen LogP contribution in [0.4, 0.5) is 0 Å². The third-order valence-corrected chi connectivity index (χ3v) is 5.00. The topological polar surface area (TPSA) is 24.5 Å². The number of rotatable bonds is 4. The van der Waals surface area contributed by atoms with E-state index in [9.17, 15) is 0 Å². The summed E-state index contributed by atoms with van der Waals surface area (Å²) in [5.74, 6) is 0.859. The van der Waals surface area contributed by atoms with Gasteiger partial charge in [-0.25, -0.2) is 0 Å². The molecule has 20 heavy (non-hydrogen) atoms. The second-order valence-corrected chi connectivity index (χ2v) is 8.34. The van der Waals surface area contributed by atoms with Gasteiger partial charge in [-0.3, -0.25) is 4.90 Å². The summed E-state index contributed by atoms with van der Waals surface area (Å²) in [7, 11) is 0. The number of likely N-dealkylation sites (tertiary alicyclic amines) is 1. The summed E-state index contributed by atoms with van der Waals surface area (Å²) in [6.07, 6.45) is 3.76. The first-order chi connectivity index (χ1) is 9.30. The van der Waals surface area contributed by atoms with Crippen LogP contribution in [-0.4, -0.2) is 49.3 Å². The molecule has 2 rings (SSSR count). The summed E-state index contributed by atoms with van der Waals surface area (Å²) in [5, 5.41) is 3.75. The molecule has 2 saturated heterocycles. The molecule has 2 aliphatic heterocycles. The van der Waals surface area contributed by atoms with Gasteiger partial charge in [-0.2, -0.15) is 0 Å². The quantitative estimate of drug-likeness (QED) is 0.858. The van der Waals surface area contributed by atoms with Gasteiger partial charge < -0.3 is 10.1 Å². The van der Waals surface area contributed by atoms with Crippen molar-refractivity contribution in [1.82, 2.24) is 10.2 Å². The van der Waals surface area contributed by atoms with E-state index < -0.39 is 0 Å². The molecular weight excluding hydrogens is 248 g/mol. The van der Waals surface area contributed by atoms with Crippen LogP contribution in [0.25, 0.3) is 0 Å². The fraction of sp³-hybridized carbons (Fsp3) is 1.00. The molecule has 2 unspecified atom stereocenters. The van der Waals surface area contributed by atoms with Gasteiger partial charge in [0.25, 0.3) is 0 Å². The summed E-state index contributed by atoms with van der Waals surface area (Å²) in [5.41, 5.74) is 0.610. The third kappa shape index (κ3) is 4.44. The van der Waals surface area contributed by atoms with Crippen molar-refractivity contribution in [1.29, 1.82) is 0 Å². The molecule has 3 heteroatoms. The zero-order valence-corrected chi connectivity index (χ0v) is 14.2. The molecule has 2 atom stereocenters. The van der Waals surface area contributed by atoms with Crippen LogP contribution in [0.1, 0.15) is 53.9 Å². The Kier molecular flexibility index (Phi) is 5.14. The summed E-state index contributed by atoms with van der Waals surface area (Å²) in [4.78, 5) is 2.72. The Balaban J connectivity index is 1.99. The molecule has 0 aliphatic carbocycles. The van der Waals surface area contributed by atoms with Gasteiger partial charge in [0.2, 0.25) is 0 Å². The van der Waals surface area contributed by atoms with E-state index in [1.165, 1.54) is 32.4 Å². The number of nitrogens with zero attached hydrogens (tertiary/aromatic N) is 1. The predicted octanol–water partition coefficient (Wildman–Crippen LogP) is 2.90. The summed E-state index contributed by atoms with van der Waals surface area (Å²) in [6, 6.07) is 0.749. The second kappa shape index (κ2) is 6.33. The van der Waals surface area contributed by atoms with E-state index in [4.69, 9.17) is 4.74 Å². The van der Waals surface area contributed by atoms with E-state index in [0.29, 0.717) is 5.41 Å². The minimum absolute atomic E-state index is 0.204. The molecule has 0 aromatic carbocycles. The van der Waals surface area contributed by atoms with Crippen molar-refractivity contribution < 1.29 is 4.74 Å². The monoisotopic (exact) mass is 282 g/mol. The normalized spacial score (nSPS) is 31.6. The molecule has 2 fully saturated rings. The molecule has 2 aliphatic rings. The van der Waals surface area contributed by atoms with Gasteiger partial charge in [-0.15, -0.1) is 0 Å². The maximum absolute atomic E-state index is 5.62. The van der Waals surface area contributed by atoms with Crippen molar-refractivity contribution >= 4 is 0 Å². The Bertz CT molecular complexity index is 305. The minimum Gasteiger partial charge on any atom is -0.381 e. The number of ether oxygens (including phenoxy) is 1. The van der Waals surface area contributed by atoms with Crippen molar-refractivity contribution in [3.63, 3.8) is 0 Å². The van der Waals surface area contributed by atoms with E-state index in [1.807, 2.05) is 0 Å². The lowest BCUT2D eigenvalue weighted by atomic mass is 9.78. The fourth-order valence-corrected chi connectivity index (χ4v) is 3.69. The predicted molar refractivity (Wildman–Crippen MR) is 85.1 cm³/mol. The highest BCUT2D eigenvalue weighted by Gasteiger charge is 2.38. The molecule has 0 radical (unpaired) electrons. The van der Waals surface area contributed by atoms with Gasteiger partial charge in [0, 0.05) is 44.4 Å². The minimum atomic E-state index is 0.204. The van der Waals surface area contributed by atoms with Crippen molar-refractivity contribution in [2.45, 2.75) is 65.5 Å². The molecule has 0 spiro atoms. The third-order valence-electron chi connectivity index (χ3n) is 5.00. The van der Waals surface area contributed by atoms with Gasteiger partial charge in [-0.05, 0) is 58.3 Å². The van der Waals surface area contributed by atoms with Crippen LogP contribution < -0.4 is 5.32 Å². The summed E-state index contributed by atoms with van der Waals surface area (Å²) < 4.78 is 5.62. The van der Waals surface area contributed by atoms with Gasteiger partial charge in [0.1, 0.15) is 0 Å². The fourth-order valence-electron chi connectivity index (χ4n) is 3.69. The van der Waals surface area contributed by atoms with E-state index >= 15 is 0 Å². The second-order valence-electron chi connectivity index (χ2n) is 8.34. The van der Waals surface area contributed by atoms with Crippen molar-refractivity contribution in [3.8, 4) is 0 Å². The van der Waals surface area contributed by atoms with E-state index in [2.05, 4.69) is 44.8 Å². The van der Waals surface area contributed by atoms with Gasteiger partial charge in [-0.1, -0.05) is 6.92 Å². The molecule has 0 saturated carbocycles. The van der Waals surface area contributed by atoms with Crippen molar-refractivity contribution in [2.75, 3.05) is 32.8 Å². The van der Waals surface area contributed by atoms with Crippen LogP contribution in [0.2, 0.25) is 0 Å². The average molecular weight is 282 g/mol. The van der Waals surface area contributed by atoms with Gasteiger partial charge >= 0.3 is 0 Å². The molecule has 0 aromatic rings. The van der Waals surface area contributed by atoms with E-state index in [-0.39, 0.29) is 5.54 Å². The molecule has 3 nitrogen and oxygen atoms in total. The van der Waals surface area contributed by atoms with Crippen LogP contribution >= 0.6 is 0 Å². The first-order valence-corrected chi connectivity index (χ1v) is 8.37. The summed E-state index contributed by atoms with van der Waals surface area (Å²) >= 11 is 0. The highest BCUT2D eigenvalue weighted by Crippen LogP contribution is 2.34. The lowest BCUT2D eigenvalue weighted by Gasteiger charge is -2.43. The molecule has 0 aromatic heterocycles. The summed E-state index contributed by atoms with van der Waals surface area (Å²) in [6.45, 7) is 17.1. The highest BCUT2D eigenvalue weighted by atomic mass is 16.5. The molecular formula is C17H34N2O. The molecule has 118 valence electrons. The van der Waals surface area contributed by atoms with Crippen LogP contribution in [-0.2, 0) is 4.74 Å². The smallest absolute Gasteiger partial charge is 0.0472 e. The first kappa shape index (κ1) is 16.3. The van der Waals surface area contributed by atoms with Gasteiger partial charge in [0.05, 0.1) is 0 Å². The van der Waals surface area contributed by atoms with Crippen LogP contribution in [0.3, 0.4) is 0 Å². The largest absolute Gasteiger partial charge is 0.381 e. The highest BCUT2D eigenvalue weighted by molar-refractivity contribution is 4.92. The molecule has 0 amide bonds. The standard InChI is InChI=1S/C17H34N2O/c1-14-10-15(2)19(11-14)13-17(6-8-20-9-7-17)12-18-16(3,4)5/h14-15,18H,6-13H2,1-5H3. The van der Waals surface area contributed by atoms with Crippen molar-refractivity contribution in [2.24, 2.45) is 11.3 Å². The lowest BCUT2D eigenvalue weighted by Crippen LogP contribution is -2.51. The maximum atomic E-state index is 5.62. The zero-order chi connectivity index (χ0) is 14.8. The van der Waals surface area contributed by atoms with Gasteiger partial charge in [0.15, 0.2) is 0 Å². The maximum Gasteiger partial charge on any atom is 0.0472 e. The molecule has 2 heterocycles. The van der Waals surface area contributed by atoms with Crippen molar-refractivity contribution in [3.05, 3.63) is 0 Å². The first-order valence-electron chi connectivity index (χ1n) is 8.37. The number of hydrogen-bond donors (Lipinski definition) is 1. The Hall–Kier alpha value is -0.120. The zero-order valence-electron chi connectivity index (χ0n) is 14.2. The number of nitrogens with one attached hydrogen (secondary N) is 1. The Morgan fingerprint density at radius 1 is 1.20 bits per heavy atom. The lowest BCUT2D eigenvalue weighted by molar-refractivity contribution is -0.00851. The molecule has 0 bridgehead atoms. The number of hydrogen-bond acceptors (Lipinski definition) is 3. The van der Waals surface area contributed by atoms with E-state index in [1.54, 1.807) is 0 Å². The SMILES string of the molecule is CC1CC(C)N(CC2(CNC(C)(C)C)CCOCC2)C1. The van der Waals surface area contributed by atoms with E-state index in [0.717, 1.165) is 31.7 Å². The Morgan fingerprint density at radius 2 is 1.85 bits per heavy atom. The van der Waals surface area contributed by atoms with Crippen LogP contribution in [0.5, 0.6) is 0 Å². The average Bonchev–Trinajstić information content (AvgIpc) is 2.66.